The number of nitrogens with zero attached hydrogens (tertiary/aromatic N) is 2. The molecule has 0 aliphatic heterocycles. The van der Waals surface area contributed by atoms with Crippen molar-refractivity contribution in [2.45, 2.75) is 4.90 Å². The monoisotopic (exact) mass is 383 g/mol. The highest BCUT2D eigenvalue weighted by molar-refractivity contribution is 7.94. The molecule has 1 aromatic heterocycles. The van der Waals surface area contributed by atoms with E-state index in [9.17, 15) is 8.42 Å². The number of halogens is 1. The molecule has 0 aliphatic rings. The van der Waals surface area contributed by atoms with Gasteiger partial charge in [0.05, 0.1) is 21.8 Å². The number of aromatic amines is 1. The highest BCUT2D eigenvalue weighted by Gasteiger charge is 2.24. The molecule has 0 bridgehead atoms. The summed E-state index contributed by atoms with van der Waals surface area (Å²) in [6.45, 7) is 0. The van der Waals surface area contributed by atoms with Crippen molar-refractivity contribution in [3.63, 3.8) is 0 Å². The summed E-state index contributed by atoms with van der Waals surface area (Å²) in [4.78, 5) is 0.130. The number of anilines is 1. The van der Waals surface area contributed by atoms with Gasteiger partial charge in [0.2, 0.25) is 0 Å². The second kappa shape index (κ2) is 6.48. The van der Waals surface area contributed by atoms with Crippen LogP contribution in [0.15, 0.2) is 83.8 Å². The summed E-state index contributed by atoms with van der Waals surface area (Å²) in [6, 6.07) is 22.9. The third-order valence-corrected chi connectivity index (χ3v) is 6.29. The second-order valence-corrected chi connectivity index (χ2v) is 8.03. The molecule has 0 atom stereocenters. The van der Waals surface area contributed by atoms with Crippen LogP contribution in [0.1, 0.15) is 0 Å². The summed E-state index contributed by atoms with van der Waals surface area (Å²) >= 11 is 6.21. The van der Waals surface area contributed by atoms with Gasteiger partial charge in [0.1, 0.15) is 0 Å². The number of hydrogen-bond acceptors (Lipinski definition) is 3. The van der Waals surface area contributed by atoms with Gasteiger partial charge in [-0.15, -0.1) is 0 Å². The minimum absolute atomic E-state index is 0.130. The molecule has 5 nitrogen and oxygen atoms in total. The Bertz CT molecular complexity index is 1160. The summed E-state index contributed by atoms with van der Waals surface area (Å²) < 4.78 is 26.2. The van der Waals surface area contributed by atoms with Crippen LogP contribution in [0.4, 0.5) is 5.69 Å². The number of aromatic nitrogens is 2. The Kier molecular flexibility index (Phi) is 4.14. The molecule has 0 unspecified atom stereocenters. The lowest BCUT2D eigenvalue weighted by atomic mass is 10.1. The standard InChI is InChI=1S/C19H14ClN3O2S/c20-23(26(24,25)16-9-5-2-6-10-16)15-11-12-18-17(13-15)19(22-21-18)14-7-3-1-4-8-14/h1-13H,(H,21,22). The van der Waals surface area contributed by atoms with Crippen LogP contribution in [0, 0.1) is 0 Å². The number of sulfonamides is 1. The Morgan fingerprint density at radius 3 is 2.23 bits per heavy atom. The number of fused-ring (bicyclic) bond motifs is 1. The number of H-pyrrole nitrogens is 1. The van der Waals surface area contributed by atoms with Crippen LogP contribution >= 0.6 is 11.8 Å². The van der Waals surface area contributed by atoms with E-state index >= 15 is 0 Å². The van der Waals surface area contributed by atoms with E-state index in [0.29, 0.717) is 5.69 Å². The summed E-state index contributed by atoms with van der Waals surface area (Å²) in [6.07, 6.45) is 0. The van der Waals surface area contributed by atoms with Crippen molar-refractivity contribution in [2.24, 2.45) is 0 Å². The minimum Gasteiger partial charge on any atom is -0.277 e. The zero-order valence-electron chi connectivity index (χ0n) is 13.5. The fourth-order valence-corrected chi connectivity index (χ4v) is 4.17. The third-order valence-electron chi connectivity index (χ3n) is 4.05. The van der Waals surface area contributed by atoms with E-state index in [1.165, 1.54) is 12.1 Å². The van der Waals surface area contributed by atoms with Crippen LogP contribution in [-0.2, 0) is 10.0 Å². The average Bonchev–Trinajstić information content (AvgIpc) is 3.12. The van der Waals surface area contributed by atoms with Crippen LogP contribution in [-0.4, -0.2) is 18.6 Å². The van der Waals surface area contributed by atoms with Crippen molar-refractivity contribution in [1.82, 2.24) is 10.2 Å². The highest BCUT2D eigenvalue weighted by atomic mass is 35.5. The van der Waals surface area contributed by atoms with Gasteiger partial charge in [-0.2, -0.15) is 17.3 Å². The topological polar surface area (TPSA) is 66.1 Å². The third kappa shape index (κ3) is 2.83. The maximum absolute atomic E-state index is 12.7. The van der Waals surface area contributed by atoms with Gasteiger partial charge in [0.25, 0.3) is 10.0 Å². The molecule has 0 aliphatic carbocycles. The predicted octanol–water partition coefficient (Wildman–Crippen LogP) is 4.58. The fourth-order valence-electron chi connectivity index (χ4n) is 2.75. The van der Waals surface area contributed by atoms with Gasteiger partial charge in [0, 0.05) is 22.7 Å². The molecule has 4 rings (SSSR count). The Balaban J connectivity index is 1.80. The second-order valence-electron chi connectivity index (χ2n) is 5.70. The number of nitrogens with one attached hydrogen (secondary N) is 1. The van der Waals surface area contributed by atoms with Gasteiger partial charge in [-0.1, -0.05) is 48.5 Å². The van der Waals surface area contributed by atoms with Gasteiger partial charge in [-0.25, -0.2) is 0 Å². The molecule has 130 valence electrons. The molecule has 0 radical (unpaired) electrons. The lowest BCUT2D eigenvalue weighted by Gasteiger charge is -2.16. The first-order chi connectivity index (χ1) is 12.6. The molecule has 4 aromatic rings. The minimum atomic E-state index is -3.85. The molecular formula is C19H14ClN3O2S. The normalized spacial score (nSPS) is 11.6. The van der Waals surface area contributed by atoms with E-state index in [2.05, 4.69) is 10.2 Å². The fraction of sp³-hybridized carbons (Fsp3) is 0. The van der Waals surface area contributed by atoms with Gasteiger partial charge >= 0.3 is 0 Å². The first-order valence-corrected chi connectivity index (χ1v) is 9.65. The Morgan fingerprint density at radius 2 is 1.54 bits per heavy atom. The first-order valence-electron chi connectivity index (χ1n) is 7.87. The number of rotatable bonds is 4. The Hall–Kier alpha value is -2.83. The van der Waals surface area contributed by atoms with Gasteiger partial charge < -0.3 is 0 Å². The van der Waals surface area contributed by atoms with Crippen molar-refractivity contribution in [2.75, 3.05) is 3.82 Å². The quantitative estimate of drug-likeness (QED) is 0.524. The first kappa shape index (κ1) is 16.6. The Morgan fingerprint density at radius 1 is 0.885 bits per heavy atom. The highest BCUT2D eigenvalue weighted by Crippen LogP contribution is 2.32. The maximum Gasteiger partial charge on any atom is 0.278 e. The van der Waals surface area contributed by atoms with Crippen LogP contribution in [0.5, 0.6) is 0 Å². The molecule has 0 saturated carbocycles. The summed E-state index contributed by atoms with van der Waals surface area (Å²) in [5.41, 5.74) is 2.82. The van der Waals surface area contributed by atoms with E-state index in [0.717, 1.165) is 26.0 Å². The lowest BCUT2D eigenvalue weighted by Crippen LogP contribution is -2.21. The molecule has 7 heteroatoms. The van der Waals surface area contributed by atoms with Crippen LogP contribution < -0.4 is 3.82 Å². The maximum atomic E-state index is 12.7. The van der Waals surface area contributed by atoms with Crippen LogP contribution in [0.2, 0.25) is 0 Å². The molecule has 1 N–H and O–H groups in total. The summed E-state index contributed by atoms with van der Waals surface area (Å²) in [5, 5.41) is 8.11. The van der Waals surface area contributed by atoms with Gasteiger partial charge in [0.15, 0.2) is 0 Å². The molecule has 26 heavy (non-hydrogen) atoms. The molecule has 0 fully saturated rings. The van der Waals surface area contributed by atoms with E-state index in [4.69, 9.17) is 11.8 Å². The van der Waals surface area contributed by atoms with Crippen molar-refractivity contribution >= 4 is 38.4 Å². The van der Waals surface area contributed by atoms with Crippen LogP contribution in [0.25, 0.3) is 22.2 Å². The SMILES string of the molecule is O=S(=O)(c1ccccc1)N(Cl)c1ccc2[nH]nc(-c3ccccc3)c2c1. The van der Waals surface area contributed by atoms with Gasteiger partial charge in [-0.05, 0) is 30.3 Å². The molecule has 0 spiro atoms. The van der Waals surface area contributed by atoms with E-state index in [1.807, 2.05) is 30.3 Å². The molecule has 1 heterocycles. The van der Waals surface area contributed by atoms with E-state index in [1.54, 1.807) is 36.4 Å². The molecule has 3 aromatic carbocycles. The number of benzene rings is 3. The van der Waals surface area contributed by atoms with E-state index < -0.39 is 10.0 Å². The summed E-state index contributed by atoms with van der Waals surface area (Å²) in [7, 11) is -3.85. The largest absolute Gasteiger partial charge is 0.278 e. The zero-order valence-corrected chi connectivity index (χ0v) is 15.1. The van der Waals surface area contributed by atoms with Gasteiger partial charge in [-0.3, -0.25) is 5.10 Å². The van der Waals surface area contributed by atoms with E-state index in [-0.39, 0.29) is 4.90 Å². The molecule has 0 saturated heterocycles. The summed E-state index contributed by atoms with van der Waals surface area (Å²) in [5.74, 6) is 0. The van der Waals surface area contributed by atoms with Crippen LogP contribution in [0.3, 0.4) is 0 Å². The average molecular weight is 384 g/mol. The van der Waals surface area contributed by atoms with Crippen molar-refractivity contribution in [3.8, 4) is 11.3 Å². The zero-order chi connectivity index (χ0) is 18.1. The van der Waals surface area contributed by atoms with Crippen molar-refractivity contribution in [3.05, 3.63) is 78.9 Å². The smallest absolute Gasteiger partial charge is 0.277 e. The lowest BCUT2D eigenvalue weighted by molar-refractivity contribution is 0.598. The molecule has 0 amide bonds. The van der Waals surface area contributed by atoms with Crippen molar-refractivity contribution < 1.29 is 8.42 Å². The predicted molar refractivity (Wildman–Crippen MR) is 103 cm³/mol. The Labute approximate surface area is 156 Å². The molecular weight excluding hydrogens is 370 g/mol. The number of hydrogen-bond donors (Lipinski definition) is 1. The van der Waals surface area contributed by atoms with Crippen molar-refractivity contribution in [1.29, 1.82) is 0 Å².